The number of nitrogens with zero attached hydrogens (tertiary/aromatic N) is 3. The molecule has 0 aromatic carbocycles. The number of aliphatic hydroxyl groups is 1. The molecular formula is C14H22N5O7P. The molecule has 0 saturated heterocycles. The maximum absolute atomic E-state index is 11.7. The summed E-state index contributed by atoms with van der Waals surface area (Å²) in [5, 5.41) is 18.6. The lowest BCUT2D eigenvalue weighted by atomic mass is 10.3. The topological polar surface area (TPSA) is 194 Å². The van der Waals surface area contributed by atoms with E-state index >= 15 is 0 Å². The van der Waals surface area contributed by atoms with Crippen molar-refractivity contribution < 1.29 is 29.2 Å². The zero-order valence-corrected chi connectivity index (χ0v) is 15.3. The number of rotatable bonds is 11. The van der Waals surface area contributed by atoms with Crippen LogP contribution in [-0.2, 0) is 20.6 Å². The van der Waals surface area contributed by atoms with Crippen molar-refractivity contribution in [3.05, 3.63) is 16.7 Å². The van der Waals surface area contributed by atoms with Gasteiger partial charge in [-0.1, -0.05) is 0 Å². The van der Waals surface area contributed by atoms with Gasteiger partial charge in [0.2, 0.25) is 13.3 Å². The van der Waals surface area contributed by atoms with Gasteiger partial charge in [-0.15, -0.1) is 0 Å². The van der Waals surface area contributed by atoms with Gasteiger partial charge >= 0.3 is 5.97 Å². The number of nitrogens with one attached hydrogen (secondary N) is 1. The van der Waals surface area contributed by atoms with Gasteiger partial charge in [0, 0.05) is 12.8 Å². The normalized spacial score (nSPS) is 14.9. The minimum Gasteiger partial charge on any atom is -0.481 e. The highest BCUT2D eigenvalue weighted by molar-refractivity contribution is 7.58. The summed E-state index contributed by atoms with van der Waals surface area (Å²) in [5.41, 5.74) is 5.41. The van der Waals surface area contributed by atoms with Gasteiger partial charge in [-0.3, -0.25) is 19.1 Å². The molecule has 0 aliphatic heterocycles. The SMILES string of the molecule is Nc1nc2c(ncn2CC(O)COCCCCP(=O)(O)CC(=O)O)c(=O)[nH]1. The molecule has 0 spiro atoms. The van der Waals surface area contributed by atoms with E-state index in [0.717, 1.165) is 0 Å². The van der Waals surface area contributed by atoms with Crippen LogP contribution in [0.1, 0.15) is 12.8 Å². The second kappa shape index (κ2) is 9.09. The van der Waals surface area contributed by atoms with E-state index in [9.17, 15) is 24.2 Å². The number of aliphatic hydroxyl groups excluding tert-OH is 1. The number of carboxylic acid groups (broad SMARTS) is 1. The van der Waals surface area contributed by atoms with E-state index in [0.29, 0.717) is 12.8 Å². The third kappa shape index (κ3) is 6.43. The molecule has 0 amide bonds. The number of carbonyl (C=O) groups is 1. The molecule has 2 atom stereocenters. The third-order valence-corrected chi connectivity index (χ3v) is 5.42. The summed E-state index contributed by atoms with van der Waals surface area (Å²) in [5.74, 6) is -1.35. The van der Waals surface area contributed by atoms with Crippen LogP contribution >= 0.6 is 7.37 Å². The molecule has 0 fully saturated rings. The molecule has 150 valence electrons. The molecule has 0 aliphatic rings. The van der Waals surface area contributed by atoms with Gasteiger partial charge < -0.3 is 30.1 Å². The maximum atomic E-state index is 11.7. The van der Waals surface area contributed by atoms with E-state index in [1.165, 1.54) is 10.9 Å². The van der Waals surface area contributed by atoms with Gasteiger partial charge in [-0.25, -0.2) is 4.98 Å². The lowest BCUT2D eigenvalue weighted by molar-refractivity contribution is -0.134. The van der Waals surface area contributed by atoms with Crippen LogP contribution in [0.15, 0.2) is 11.1 Å². The Hall–Kier alpha value is -2.27. The quantitative estimate of drug-likeness (QED) is 0.234. The average molecular weight is 403 g/mol. The number of H-pyrrole nitrogens is 1. The Labute approximate surface area is 153 Å². The number of aromatic nitrogens is 4. The molecule has 13 heteroatoms. The predicted molar refractivity (Wildman–Crippen MR) is 95.8 cm³/mol. The maximum Gasteiger partial charge on any atom is 0.313 e. The molecule has 27 heavy (non-hydrogen) atoms. The zero-order valence-electron chi connectivity index (χ0n) is 14.4. The summed E-state index contributed by atoms with van der Waals surface area (Å²) < 4.78 is 18.3. The number of imidazole rings is 1. The number of anilines is 1. The first kappa shape index (κ1) is 21.0. The van der Waals surface area contributed by atoms with Crippen LogP contribution in [0.2, 0.25) is 0 Å². The van der Waals surface area contributed by atoms with Crippen molar-refractivity contribution in [1.29, 1.82) is 0 Å². The standard InChI is InChI=1S/C14H22N5O7P/c15-14-17-12-11(13(23)18-14)16-8-19(12)5-9(20)6-26-3-1-2-4-27(24,25)7-10(21)22/h8-9,20H,1-7H2,(H,21,22)(H,24,25)(H3,15,17,18,23). The second-order valence-electron chi connectivity index (χ2n) is 6.08. The van der Waals surface area contributed by atoms with E-state index in [-0.39, 0.29) is 43.0 Å². The Morgan fingerprint density at radius 2 is 2.19 bits per heavy atom. The van der Waals surface area contributed by atoms with Gasteiger partial charge in [0.15, 0.2) is 11.2 Å². The fraction of sp³-hybridized carbons (Fsp3) is 0.571. The highest BCUT2D eigenvalue weighted by Gasteiger charge is 2.21. The molecule has 6 N–H and O–H groups in total. The molecule has 0 aliphatic carbocycles. The van der Waals surface area contributed by atoms with Crippen molar-refractivity contribution in [3.8, 4) is 0 Å². The van der Waals surface area contributed by atoms with Gasteiger partial charge in [0.05, 0.1) is 25.6 Å². The van der Waals surface area contributed by atoms with Crippen molar-refractivity contribution in [3.63, 3.8) is 0 Å². The van der Waals surface area contributed by atoms with Crippen LogP contribution in [0, 0.1) is 0 Å². The summed E-state index contributed by atoms with van der Waals surface area (Å²) in [6.45, 7) is 0.348. The smallest absolute Gasteiger partial charge is 0.313 e. The fourth-order valence-corrected chi connectivity index (χ4v) is 3.76. The average Bonchev–Trinajstić information content (AvgIpc) is 2.92. The van der Waals surface area contributed by atoms with Crippen molar-refractivity contribution in [2.24, 2.45) is 0 Å². The van der Waals surface area contributed by atoms with Crippen LogP contribution in [0.4, 0.5) is 5.95 Å². The van der Waals surface area contributed by atoms with Crippen LogP contribution in [0.5, 0.6) is 0 Å². The van der Waals surface area contributed by atoms with Crippen molar-refractivity contribution in [2.45, 2.75) is 25.5 Å². The zero-order chi connectivity index (χ0) is 20.0. The third-order valence-electron chi connectivity index (χ3n) is 3.64. The molecule has 12 nitrogen and oxygen atoms in total. The Morgan fingerprint density at radius 1 is 1.44 bits per heavy atom. The van der Waals surface area contributed by atoms with E-state index in [1.807, 2.05) is 0 Å². The summed E-state index contributed by atoms with van der Waals surface area (Å²) in [6, 6.07) is 0. The van der Waals surface area contributed by atoms with Gasteiger partial charge in [-0.05, 0) is 12.8 Å². The fourth-order valence-electron chi connectivity index (χ4n) is 2.46. The van der Waals surface area contributed by atoms with Crippen LogP contribution in [0.25, 0.3) is 11.2 Å². The Morgan fingerprint density at radius 3 is 2.89 bits per heavy atom. The van der Waals surface area contributed by atoms with Crippen LogP contribution in [0.3, 0.4) is 0 Å². The summed E-state index contributed by atoms with van der Waals surface area (Å²) in [6.07, 6.45) is 0.450. The van der Waals surface area contributed by atoms with Gasteiger partial charge in [0.25, 0.3) is 5.56 Å². The van der Waals surface area contributed by atoms with Crippen LogP contribution in [-0.4, -0.2) is 72.2 Å². The van der Waals surface area contributed by atoms with E-state index in [4.69, 9.17) is 15.6 Å². The van der Waals surface area contributed by atoms with Crippen molar-refractivity contribution in [2.75, 3.05) is 31.3 Å². The second-order valence-corrected chi connectivity index (χ2v) is 8.53. The Kier molecular flexibility index (Phi) is 7.08. The highest BCUT2D eigenvalue weighted by atomic mass is 31.2. The molecule has 2 heterocycles. The molecule has 0 saturated carbocycles. The van der Waals surface area contributed by atoms with E-state index in [1.54, 1.807) is 0 Å². The summed E-state index contributed by atoms with van der Waals surface area (Å²) in [7, 11) is -3.65. The molecule has 0 radical (unpaired) electrons. The number of aliphatic carboxylic acids is 1. The number of ether oxygens (including phenoxy) is 1. The first-order valence-electron chi connectivity index (χ1n) is 8.17. The number of aromatic amines is 1. The van der Waals surface area contributed by atoms with Crippen molar-refractivity contribution in [1.82, 2.24) is 19.5 Å². The number of unbranched alkanes of at least 4 members (excludes halogenated alkanes) is 1. The molecule has 0 bridgehead atoms. The number of hydrogen-bond donors (Lipinski definition) is 5. The van der Waals surface area contributed by atoms with Gasteiger partial charge in [-0.2, -0.15) is 4.98 Å². The Bertz CT molecular complexity index is 896. The molecular weight excluding hydrogens is 381 g/mol. The Balaban J connectivity index is 1.73. The number of hydrogen-bond acceptors (Lipinski definition) is 8. The monoisotopic (exact) mass is 403 g/mol. The summed E-state index contributed by atoms with van der Waals surface area (Å²) in [4.78, 5) is 41.8. The van der Waals surface area contributed by atoms with Gasteiger partial charge in [0.1, 0.15) is 6.16 Å². The molecule has 2 rings (SSSR count). The lowest BCUT2D eigenvalue weighted by Gasteiger charge is -2.13. The predicted octanol–water partition coefficient (Wildman–Crippen LogP) is -0.785. The van der Waals surface area contributed by atoms with Crippen LogP contribution < -0.4 is 11.3 Å². The number of nitrogens with two attached hydrogens (primary N) is 1. The largest absolute Gasteiger partial charge is 0.481 e. The number of fused-ring (bicyclic) bond motifs is 1. The first-order valence-corrected chi connectivity index (χ1v) is 10.2. The minimum atomic E-state index is -3.65. The van der Waals surface area contributed by atoms with Crippen molar-refractivity contribution >= 4 is 30.5 Å². The van der Waals surface area contributed by atoms with E-state index < -0.39 is 31.2 Å². The molecule has 2 unspecified atom stereocenters. The first-order chi connectivity index (χ1) is 12.7. The number of nitrogen functional groups attached to an aromatic ring is 1. The number of carboxylic acids is 1. The lowest BCUT2D eigenvalue weighted by Crippen LogP contribution is -2.22. The highest BCUT2D eigenvalue weighted by Crippen LogP contribution is 2.40. The summed E-state index contributed by atoms with van der Waals surface area (Å²) >= 11 is 0. The molecule has 2 aromatic rings. The molecule has 2 aromatic heterocycles. The minimum absolute atomic E-state index is 0.00422. The van der Waals surface area contributed by atoms with E-state index in [2.05, 4.69) is 15.0 Å².